The second-order valence-electron chi connectivity index (χ2n) is 6.56. The number of ether oxygens (including phenoxy) is 1. The molecule has 0 spiro atoms. The first kappa shape index (κ1) is 18.2. The first-order valence-electron chi connectivity index (χ1n) is 8.95. The van der Waals surface area contributed by atoms with E-state index in [0.717, 1.165) is 12.8 Å². The lowest BCUT2D eigenvalue weighted by Crippen LogP contribution is -2.42. The van der Waals surface area contributed by atoms with Crippen LogP contribution in [0.4, 0.5) is 4.39 Å². The maximum Gasteiger partial charge on any atom is 0.254 e. The Balaban J connectivity index is 1.60. The zero-order valence-electron chi connectivity index (χ0n) is 14.9. The van der Waals surface area contributed by atoms with E-state index in [9.17, 15) is 14.0 Å². The third-order valence-electron chi connectivity index (χ3n) is 4.69. The van der Waals surface area contributed by atoms with Crippen molar-refractivity contribution in [1.29, 1.82) is 0 Å². The lowest BCUT2D eigenvalue weighted by Gasteiger charge is -2.32. The lowest BCUT2D eigenvalue weighted by atomic mass is 9.98. The SMILES string of the molecule is CCn1ccc(C(=O)N2CCC[C@@H](COc3ccc(F)cc3)C2)cc1=O. The van der Waals surface area contributed by atoms with E-state index in [-0.39, 0.29) is 23.2 Å². The summed E-state index contributed by atoms with van der Waals surface area (Å²) in [6, 6.07) is 9.04. The van der Waals surface area contributed by atoms with Crippen LogP contribution in [0.5, 0.6) is 5.75 Å². The lowest BCUT2D eigenvalue weighted by molar-refractivity contribution is 0.0633. The van der Waals surface area contributed by atoms with Gasteiger partial charge < -0.3 is 14.2 Å². The van der Waals surface area contributed by atoms with Crippen LogP contribution in [-0.4, -0.2) is 35.1 Å². The van der Waals surface area contributed by atoms with Crippen LogP contribution in [0, 0.1) is 11.7 Å². The summed E-state index contributed by atoms with van der Waals surface area (Å²) in [6.07, 6.45) is 3.53. The summed E-state index contributed by atoms with van der Waals surface area (Å²) in [5, 5.41) is 0. The Morgan fingerprint density at radius 3 is 2.73 bits per heavy atom. The molecule has 1 aliphatic rings. The molecule has 0 unspecified atom stereocenters. The fourth-order valence-electron chi connectivity index (χ4n) is 3.22. The van der Waals surface area contributed by atoms with Gasteiger partial charge >= 0.3 is 0 Å². The first-order chi connectivity index (χ1) is 12.6. The molecule has 5 nitrogen and oxygen atoms in total. The summed E-state index contributed by atoms with van der Waals surface area (Å²) in [6.45, 7) is 4.23. The van der Waals surface area contributed by atoms with Gasteiger partial charge in [0.2, 0.25) is 0 Å². The van der Waals surface area contributed by atoms with Gasteiger partial charge in [-0.1, -0.05) is 0 Å². The molecular formula is C20H23FN2O3. The van der Waals surface area contributed by atoms with E-state index in [1.165, 1.54) is 18.2 Å². The van der Waals surface area contributed by atoms with Crippen molar-refractivity contribution in [1.82, 2.24) is 9.47 Å². The molecule has 1 amide bonds. The Morgan fingerprint density at radius 2 is 2.04 bits per heavy atom. The van der Waals surface area contributed by atoms with Gasteiger partial charge in [-0.05, 0) is 50.1 Å². The molecule has 1 aliphatic heterocycles. The largest absolute Gasteiger partial charge is 0.493 e. The first-order valence-corrected chi connectivity index (χ1v) is 8.95. The van der Waals surface area contributed by atoms with Crippen LogP contribution in [0.25, 0.3) is 0 Å². The van der Waals surface area contributed by atoms with Gasteiger partial charge in [0.05, 0.1) is 6.61 Å². The van der Waals surface area contributed by atoms with Gasteiger partial charge in [0.25, 0.3) is 11.5 Å². The molecule has 0 bridgehead atoms. The van der Waals surface area contributed by atoms with E-state index in [2.05, 4.69) is 0 Å². The molecule has 0 radical (unpaired) electrons. The molecule has 1 fully saturated rings. The number of hydrogen-bond donors (Lipinski definition) is 0. The summed E-state index contributed by atoms with van der Waals surface area (Å²) >= 11 is 0. The molecule has 0 N–H and O–H groups in total. The number of aromatic nitrogens is 1. The van der Waals surface area contributed by atoms with Crippen molar-refractivity contribution < 1.29 is 13.9 Å². The average molecular weight is 358 g/mol. The fourth-order valence-corrected chi connectivity index (χ4v) is 3.22. The number of rotatable bonds is 5. The van der Waals surface area contributed by atoms with E-state index in [4.69, 9.17) is 4.74 Å². The summed E-state index contributed by atoms with van der Waals surface area (Å²) in [4.78, 5) is 26.4. The molecule has 3 rings (SSSR count). The van der Waals surface area contributed by atoms with Crippen molar-refractivity contribution >= 4 is 5.91 Å². The van der Waals surface area contributed by atoms with Crippen LogP contribution in [0.2, 0.25) is 0 Å². The molecule has 138 valence electrons. The van der Waals surface area contributed by atoms with Crippen molar-refractivity contribution in [3.63, 3.8) is 0 Å². The second kappa shape index (κ2) is 8.17. The normalized spacial score (nSPS) is 17.2. The highest BCUT2D eigenvalue weighted by atomic mass is 19.1. The van der Waals surface area contributed by atoms with Crippen molar-refractivity contribution in [3.05, 3.63) is 64.3 Å². The van der Waals surface area contributed by atoms with Crippen LogP contribution >= 0.6 is 0 Å². The van der Waals surface area contributed by atoms with Gasteiger partial charge in [0.1, 0.15) is 11.6 Å². The quantitative estimate of drug-likeness (QED) is 0.826. The van der Waals surface area contributed by atoms with E-state index >= 15 is 0 Å². The molecule has 2 aromatic rings. The third-order valence-corrected chi connectivity index (χ3v) is 4.69. The Morgan fingerprint density at radius 1 is 1.27 bits per heavy atom. The van der Waals surface area contributed by atoms with E-state index in [0.29, 0.717) is 37.6 Å². The van der Waals surface area contributed by atoms with Gasteiger partial charge in [0.15, 0.2) is 0 Å². The number of carbonyl (C=O) groups is 1. The highest BCUT2D eigenvalue weighted by molar-refractivity contribution is 5.94. The maximum absolute atomic E-state index is 12.9. The standard InChI is InChI=1S/C20H23FN2O3/c1-2-22-11-9-16(12-19(22)24)20(25)23-10-3-4-15(13-23)14-26-18-7-5-17(21)6-8-18/h5-9,11-12,15H,2-4,10,13-14H2,1H3/t15-/m1/s1. The summed E-state index contributed by atoms with van der Waals surface area (Å²) in [5.41, 5.74) is 0.270. The van der Waals surface area contributed by atoms with Crippen molar-refractivity contribution in [2.75, 3.05) is 19.7 Å². The Labute approximate surface area is 152 Å². The smallest absolute Gasteiger partial charge is 0.254 e. The number of carbonyl (C=O) groups excluding carboxylic acids is 1. The fraction of sp³-hybridized carbons (Fsp3) is 0.400. The molecular weight excluding hydrogens is 335 g/mol. The summed E-state index contributed by atoms with van der Waals surface area (Å²) < 4.78 is 20.2. The Hall–Kier alpha value is -2.63. The third kappa shape index (κ3) is 4.31. The molecule has 1 aromatic heterocycles. The predicted molar refractivity (Wildman–Crippen MR) is 96.9 cm³/mol. The molecule has 6 heteroatoms. The zero-order valence-corrected chi connectivity index (χ0v) is 14.9. The van der Waals surface area contributed by atoms with Gasteiger partial charge in [0, 0.05) is 43.4 Å². The average Bonchev–Trinajstić information content (AvgIpc) is 2.67. The van der Waals surface area contributed by atoms with Crippen molar-refractivity contribution in [2.24, 2.45) is 5.92 Å². The van der Waals surface area contributed by atoms with Crippen LogP contribution in [0.3, 0.4) is 0 Å². The number of amides is 1. The topological polar surface area (TPSA) is 51.5 Å². The molecule has 0 saturated carbocycles. The van der Waals surface area contributed by atoms with Crippen molar-refractivity contribution in [2.45, 2.75) is 26.3 Å². The maximum atomic E-state index is 12.9. The zero-order chi connectivity index (χ0) is 18.5. The number of nitrogens with zero attached hydrogens (tertiary/aromatic N) is 2. The van der Waals surface area contributed by atoms with Gasteiger partial charge in [-0.25, -0.2) is 4.39 Å². The highest BCUT2D eigenvalue weighted by Crippen LogP contribution is 2.20. The van der Waals surface area contributed by atoms with E-state index in [1.54, 1.807) is 33.9 Å². The molecule has 26 heavy (non-hydrogen) atoms. The number of hydrogen-bond acceptors (Lipinski definition) is 3. The Bertz CT molecular complexity index is 817. The number of pyridine rings is 1. The molecule has 1 aromatic carbocycles. The molecule has 1 saturated heterocycles. The Kier molecular flexibility index (Phi) is 5.71. The molecule has 0 aliphatic carbocycles. The number of piperidine rings is 1. The minimum atomic E-state index is -0.295. The van der Waals surface area contributed by atoms with Crippen LogP contribution in [0.1, 0.15) is 30.1 Å². The summed E-state index contributed by atoms with van der Waals surface area (Å²) in [5.74, 6) is 0.431. The monoisotopic (exact) mass is 358 g/mol. The number of aryl methyl sites for hydroxylation is 1. The number of halogens is 1. The minimum Gasteiger partial charge on any atom is -0.493 e. The highest BCUT2D eigenvalue weighted by Gasteiger charge is 2.25. The predicted octanol–water partition coefficient (Wildman–Crippen LogP) is 2.94. The van der Waals surface area contributed by atoms with Gasteiger partial charge in [-0.2, -0.15) is 0 Å². The van der Waals surface area contributed by atoms with Crippen LogP contribution in [-0.2, 0) is 6.54 Å². The minimum absolute atomic E-state index is 0.114. The number of likely N-dealkylation sites (tertiary alicyclic amines) is 1. The van der Waals surface area contributed by atoms with Crippen LogP contribution in [0.15, 0.2) is 47.4 Å². The van der Waals surface area contributed by atoms with E-state index < -0.39 is 0 Å². The second-order valence-corrected chi connectivity index (χ2v) is 6.56. The van der Waals surface area contributed by atoms with Crippen LogP contribution < -0.4 is 10.3 Å². The summed E-state index contributed by atoms with van der Waals surface area (Å²) in [7, 11) is 0. The van der Waals surface area contributed by atoms with E-state index in [1.807, 2.05) is 6.92 Å². The van der Waals surface area contributed by atoms with Gasteiger partial charge in [-0.15, -0.1) is 0 Å². The van der Waals surface area contributed by atoms with Gasteiger partial charge in [-0.3, -0.25) is 9.59 Å². The van der Waals surface area contributed by atoms with Crippen molar-refractivity contribution in [3.8, 4) is 5.75 Å². The number of benzene rings is 1. The molecule has 2 heterocycles. The molecule has 1 atom stereocenters.